The third-order valence-electron chi connectivity index (χ3n) is 3.67. The summed E-state index contributed by atoms with van der Waals surface area (Å²) < 4.78 is 28.4. The number of aromatic nitrogens is 2. The fraction of sp³-hybridized carbons (Fsp3) is 0.125. The van der Waals surface area contributed by atoms with Crippen LogP contribution in [0, 0.1) is 10.1 Å². The van der Waals surface area contributed by atoms with E-state index in [2.05, 4.69) is 15.1 Å². The highest BCUT2D eigenvalue weighted by molar-refractivity contribution is 7.92. The van der Waals surface area contributed by atoms with Gasteiger partial charge in [0.15, 0.2) is 0 Å². The summed E-state index contributed by atoms with van der Waals surface area (Å²) in [6.07, 6.45) is 3.20. The van der Waals surface area contributed by atoms with E-state index in [0.29, 0.717) is 5.69 Å². The van der Waals surface area contributed by atoms with Crippen molar-refractivity contribution in [3.63, 3.8) is 0 Å². The molecular weight excluding hydrogens is 374 g/mol. The number of hydrogen-bond acceptors (Lipinski definition) is 6. The number of carbonyl (C=O) groups is 1. The number of anilines is 1. The summed E-state index contributed by atoms with van der Waals surface area (Å²) in [5, 5.41) is 17.4. The van der Waals surface area contributed by atoms with Crippen LogP contribution in [0.5, 0.6) is 0 Å². The molecule has 3 aromatic rings. The van der Waals surface area contributed by atoms with Crippen molar-refractivity contribution in [2.45, 2.75) is 0 Å². The predicted octanol–water partition coefficient (Wildman–Crippen LogP) is 1.41. The fourth-order valence-corrected chi connectivity index (χ4v) is 3.39. The minimum absolute atomic E-state index is 0.126. The Kier molecular flexibility index (Phi) is 5.03. The second-order valence-electron chi connectivity index (χ2n) is 5.57. The zero-order valence-corrected chi connectivity index (χ0v) is 14.7. The number of nitro groups is 1. The summed E-state index contributed by atoms with van der Waals surface area (Å²) in [5.41, 5.74) is 0.622. The van der Waals surface area contributed by atoms with Gasteiger partial charge in [0.05, 0.1) is 21.9 Å². The van der Waals surface area contributed by atoms with Gasteiger partial charge in [-0.1, -0.05) is 12.1 Å². The van der Waals surface area contributed by atoms with Gasteiger partial charge in [-0.15, -0.1) is 0 Å². The molecule has 11 heteroatoms. The van der Waals surface area contributed by atoms with Crippen molar-refractivity contribution in [3.05, 3.63) is 70.5 Å². The first kappa shape index (κ1) is 18.3. The van der Waals surface area contributed by atoms with Gasteiger partial charge in [0.1, 0.15) is 5.56 Å². The van der Waals surface area contributed by atoms with Gasteiger partial charge in [0, 0.05) is 25.0 Å². The summed E-state index contributed by atoms with van der Waals surface area (Å²) in [6, 6.07) is 10.4. The Hall–Kier alpha value is -3.47. The number of pyridine rings is 1. The van der Waals surface area contributed by atoms with Crippen molar-refractivity contribution in [3.8, 4) is 0 Å². The van der Waals surface area contributed by atoms with E-state index >= 15 is 0 Å². The van der Waals surface area contributed by atoms with Gasteiger partial charge in [-0.3, -0.25) is 19.6 Å². The van der Waals surface area contributed by atoms with Gasteiger partial charge >= 0.3 is 0 Å². The molecule has 10 nitrogen and oxygen atoms in total. The van der Waals surface area contributed by atoms with Crippen molar-refractivity contribution in [1.82, 2.24) is 14.9 Å². The number of rotatable bonds is 7. The molecule has 140 valence electrons. The first-order valence-electron chi connectivity index (χ1n) is 7.81. The zero-order chi connectivity index (χ0) is 19.4. The molecule has 3 rings (SSSR count). The Morgan fingerprint density at radius 2 is 2.00 bits per heavy atom. The number of amides is 1. The third kappa shape index (κ3) is 4.39. The first-order valence-corrected chi connectivity index (χ1v) is 9.46. The number of carbonyl (C=O) groups excluding carboxylic acids is 1. The predicted molar refractivity (Wildman–Crippen MR) is 98.0 cm³/mol. The number of nitro benzene ring substituents is 1. The van der Waals surface area contributed by atoms with Gasteiger partial charge in [-0.2, -0.15) is 5.10 Å². The molecule has 0 aliphatic heterocycles. The maximum atomic E-state index is 12.2. The summed E-state index contributed by atoms with van der Waals surface area (Å²) in [5.74, 6) is -1.10. The van der Waals surface area contributed by atoms with Gasteiger partial charge in [-0.05, 0) is 24.3 Å². The van der Waals surface area contributed by atoms with Crippen molar-refractivity contribution >= 4 is 32.8 Å². The van der Waals surface area contributed by atoms with Crippen molar-refractivity contribution < 1.29 is 18.1 Å². The van der Waals surface area contributed by atoms with Gasteiger partial charge in [0.2, 0.25) is 10.0 Å². The highest BCUT2D eigenvalue weighted by atomic mass is 32.2. The smallest absolute Gasteiger partial charge is 0.282 e. The van der Waals surface area contributed by atoms with Crippen LogP contribution in [0.3, 0.4) is 0 Å². The van der Waals surface area contributed by atoms with E-state index in [1.807, 2.05) is 0 Å². The van der Waals surface area contributed by atoms with E-state index < -0.39 is 20.9 Å². The lowest BCUT2D eigenvalue weighted by atomic mass is 10.1. The summed E-state index contributed by atoms with van der Waals surface area (Å²) in [7, 11) is -3.72. The van der Waals surface area contributed by atoms with Crippen LogP contribution in [0.15, 0.2) is 54.9 Å². The van der Waals surface area contributed by atoms with E-state index in [-0.39, 0.29) is 23.5 Å². The maximum Gasteiger partial charge on any atom is 0.282 e. The molecule has 0 unspecified atom stereocenters. The lowest BCUT2D eigenvalue weighted by molar-refractivity contribution is -0.385. The van der Waals surface area contributed by atoms with Crippen molar-refractivity contribution in [1.29, 1.82) is 0 Å². The summed E-state index contributed by atoms with van der Waals surface area (Å²) in [4.78, 5) is 22.4. The molecule has 0 saturated heterocycles. The third-order valence-corrected chi connectivity index (χ3v) is 4.96. The molecule has 1 amide bonds. The average molecular weight is 389 g/mol. The Morgan fingerprint density at radius 3 is 2.78 bits per heavy atom. The molecular formula is C16H15N5O5S. The van der Waals surface area contributed by atoms with E-state index in [1.165, 1.54) is 24.3 Å². The molecule has 2 aromatic heterocycles. The second-order valence-corrected chi connectivity index (χ2v) is 7.41. The molecule has 0 aliphatic rings. The molecule has 0 radical (unpaired) electrons. The van der Waals surface area contributed by atoms with Gasteiger partial charge in [-0.25, -0.2) is 12.9 Å². The average Bonchev–Trinajstić information content (AvgIpc) is 3.08. The Balaban J connectivity index is 1.60. The Labute approximate surface area is 154 Å². The highest BCUT2D eigenvalue weighted by Crippen LogP contribution is 2.17. The normalized spacial score (nSPS) is 11.3. The minimum Gasteiger partial charge on any atom is -0.351 e. The number of nitrogens with zero attached hydrogens (tertiary/aromatic N) is 3. The van der Waals surface area contributed by atoms with Crippen LogP contribution in [0.25, 0.3) is 5.52 Å². The topological polar surface area (TPSA) is 136 Å². The van der Waals surface area contributed by atoms with E-state index in [1.54, 1.807) is 35.1 Å². The van der Waals surface area contributed by atoms with Crippen LogP contribution < -0.4 is 10.0 Å². The second kappa shape index (κ2) is 7.41. The van der Waals surface area contributed by atoms with Crippen LogP contribution in [-0.4, -0.2) is 41.2 Å². The highest BCUT2D eigenvalue weighted by Gasteiger charge is 2.19. The van der Waals surface area contributed by atoms with Crippen LogP contribution in [0.2, 0.25) is 0 Å². The molecule has 0 atom stereocenters. The number of para-hydroxylation sites is 1. The number of fused-ring (bicyclic) bond motifs is 1. The van der Waals surface area contributed by atoms with Crippen molar-refractivity contribution in [2.24, 2.45) is 0 Å². The van der Waals surface area contributed by atoms with Gasteiger partial charge < -0.3 is 5.32 Å². The minimum atomic E-state index is -3.72. The number of hydrogen-bond donors (Lipinski definition) is 2. The molecule has 2 N–H and O–H groups in total. The Bertz CT molecular complexity index is 1110. The first-order chi connectivity index (χ1) is 12.9. The molecule has 27 heavy (non-hydrogen) atoms. The summed E-state index contributed by atoms with van der Waals surface area (Å²) in [6.45, 7) is -0.199. The lowest BCUT2D eigenvalue weighted by Crippen LogP contribution is -2.31. The number of benzene rings is 1. The van der Waals surface area contributed by atoms with Gasteiger partial charge in [0.25, 0.3) is 11.6 Å². The SMILES string of the molecule is O=C(NCCS(=O)(=O)Nc1ccn2nccc2c1)c1ccccc1[N+](=O)[O-]. The summed E-state index contributed by atoms with van der Waals surface area (Å²) >= 11 is 0. The maximum absolute atomic E-state index is 12.2. The molecule has 0 saturated carbocycles. The molecule has 0 spiro atoms. The van der Waals surface area contributed by atoms with Crippen LogP contribution in [0.4, 0.5) is 11.4 Å². The number of sulfonamides is 1. The van der Waals surface area contributed by atoms with Crippen molar-refractivity contribution in [2.75, 3.05) is 17.0 Å². The molecule has 0 aliphatic carbocycles. The van der Waals surface area contributed by atoms with E-state index in [0.717, 1.165) is 5.52 Å². The van der Waals surface area contributed by atoms with E-state index in [4.69, 9.17) is 0 Å². The van der Waals surface area contributed by atoms with Crippen LogP contribution in [-0.2, 0) is 10.0 Å². The molecule has 2 heterocycles. The number of nitrogens with one attached hydrogen (secondary N) is 2. The Morgan fingerprint density at radius 1 is 1.22 bits per heavy atom. The fourth-order valence-electron chi connectivity index (χ4n) is 2.43. The quantitative estimate of drug-likeness (QED) is 0.463. The monoisotopic (exact) mass is 389 g/mol. The lowest BCUT2D eigenvalue weighted by Gasteiger charge is -2.09. The molecule has 0 bridgehead atoms. The molecule has 1 aromatic carbocycles. The van der Waals surface area contributed by atoms with Crippen LogP contribution >= 0.6 is 0 Å². The zero-order valence-electron chi connectivity index (χ0n) is 13.9. The largest absolute Gasteiger partial charge is 0.351 e. The standard InChI is InChI=1S/C16H15N5O5S/c22-16(14-3-1-2-4-15(14)21(23)24)17-8-10-27(25,26)19-12-6-9-20-13(11-12)5-7-18-20/h1-7,9,11,19H,8,10H2,(H,17,22). The molecule has 0 fully saturated rings. The van der Waals surface area contributed by atoms with Crippen LogP contribution in [0.1, 0.15) is 10.4 Å². The van der Waals surface area contributed by atoms with E-state index in [9.17, 15) is 23.3 Å².